The summed E-state index contributed by atoms with van der Waals surface area (Å²) in [6, 6.07) is 0.577. The van der Waals surface area contributed by atoms with E-state index >= 15 is 0 Å². The van der Waals surface area contributed by atoms with E-state index in [1.807, 2.05) is 11.8 Å². The van der Waals surface area contributed by atoms with E-state index in [1.165, 1.54) is 42.4 Å². The largest absolute Gasteiger partial charge is 0.359 e. The monoisotopic (exact) mass is 272 g/mol. The molecule has 17 heavy (non-hydrogen) atoms. The lowest BCUT2D eigenvalue weighted by atomic mass is 10.0. The lowest BCUT2D eigenvalue weighted by molar-refractivity contribution is 0.465. The van der Waals surface area contributed by atoms with E-state index < -0.39 is 0 Å². The molecule has 0 aromatic rings. The Morgan fingerprint density at radius 2 is 2.29 bits per heavy atom. The second-order valence-corrected chi connectivity index (χ2v) is 7.85. The number of hydrogen-bond donors (Lipinski definition) is 1. The fourth-order valence-corrected chi connectivity index (χ4v) is 4.81. The van der Waals surface area contributed by atoms with Crippen molar-refractivity contribution in [2.24, 2.45) is 4.99 Å². The highest BCUT2D eigenvalue weighted by Gasteiger charge is 2.32. The Labute approximate surface area is 114 Å². The first kappa shape index (κ1) is 13.6. The summed E-state index contributed by atoms with van der Waals surface area (Å²) < 4.78 is 0. The molecule has 2 rings (SSSR count). The van der Waals surface area contributed by atoms with Crippen LogP contribution in [0.4, 0.5) is 0 Å². The number of amidine groups is 1. The third kappa shape index (κ3) is 3.57. The molecule has 3 atom stereocenters. The van der Waals surface area contributed by atoms with Crippen molar-refractivity contribution in [2.75, 3.05) is 11.5 Å². The van der Waals surface area contributed by atoms with Gasteiger partial charge in [-0.05, 0) is 38.4 Å². The summed E-state index contributed by atoms with van der Waals surface area (Å²) in [7, 11) is 0. The van der Waals surface area contributed by atoms with Gasteiger partial charge in [0.25, 0.3) is 0 Å². The van der Waals surface area contributed by atoms with Crippen molar-refractivity contribution in [3.63, 3.8) is 0 Å². The molecule has 0 aromatic heterocycles. The SMILES string of the molecule is CCSC1CCC(N=C2NC(C)(CC)CS2)C1. The Bertz CT molecular complexity index is 293. The van der Waals surface area contributed by atoms with Gasteiger partial charge in [-0.15, -0.1) is 0 Å². The molecule has 0 aromatic carbocycles. The van der Waals surface area contributed by atoms with Gasteiger partial charge in [0.2, 0.25) is 0 Å². The summed E-state index contributed by atoms with van der Waals surface area (Å²) in [4.78, 5) is 4.91. The van der Waals surface area contributed by atoms with E-state index in [1.54, 1.807) is 0 Å². The van der Waals surface area contributed by atoms with Gasteiger partial charge in [-0.3, -0.25) is 4.99 Å². The molecule has 2 fully saturated rings. The fourth-order valence-electron chi connectivity index (χ4n) is 2.41. The van der Waals surface area contributed by atoms with E-state index in [0.29, 0.717) is 6.04 Å². The van der Waals surface area contributed by atoms with Crippen LogP contribution in [0.15, 0.2) is 4.99 Å². The molecule has 1 saturated heterocycles. The maximum absolute atomic E-state index is 4.91. The molecular weight excluding hydrogens is 248 g/mol. The Morgan fingerprint density at radius 1 is 1.47 bits per heavy atom. The average molecular weight is 272 g/mol. The van der Waals surface area contributed by atoms with Crippen LogP contribution in [0.1, 0.15) is 46.5 Å². The zero-order valence-electron chi connectivity index (χ0n) is 11.2. The number of nitrogens with one attached hydrogen (secondary N) is 1. The third-order valence-corrected chi connectivity index (χ3v) is 6.27. The number of nitrogens with zero attached hydrogens (tertiary/aromatic N) is 1. The van der Waals surface area contributed by atoms with Crippen molar-refractivity contribution in [3.05, 3.63) is 0 Å². The topological polar surface area (TPSA) is 24.4 Å². The van der Waals surface area contributed by atoms with Crippen LogP contribution in [0.3, 0.4) is 0 Å². The summed E-state index contributed by atoms with van der Waals surface area (Å²) in [5.74, 6) is 2.41. The van der Waals surface area contributed by atoms with E-state index in [0.717, 1.165) is 5.25 Å². The predicted octanol–water partition coefficient (Wildman–Crippen LogP) is 3.52. The minimum Gasteiger partial charge on any atom is -0.359 e. The minimum absolute atomic E-state index is 0.277. The predicted molar refractivity (Wildman–Crippen MR) is 81.3 cm³/mol. The number of aliphatic imine (C=N–C) groups is 1. The summed E-state index contributed by atoms with van der Waals surface area (Å²) in [6.45, 7) is 6.80. The van der Waals surface area contributed by atoms with Gasteiger partial charge in [0, 0.05) is 16.5 Å². The van der Waals surface area contributed by atoms with Gasteiger partial charge in [-0.25, -0.2) is 0 Å². The molecule has 1 N–H and O–H groups in total. The molecule has 0 bridgehead atoms. The van der Waals surface area contributed by atoms with Crippen molar-refractivity contribution < 1.29 is 0 Å². The number of hydrogen-bond acceptors (Lipinski definition) is 3. The second kappa shape index (κ2) is 5.87. The average Bonchev–Trinajstić information content (AvgIpc) is 2.89. The van der Waals surface area contributed by atoms with Crippen molar-refractivity contribution in [1.29, 1.82) is 0 Å². The van der Waals surface area contributed by atoms with Crippen molar-refractivity contribution in [3.8, 4) is 0 Å². The molecule has 1 heterocycles. The first-order chi connectivity index (χ1) is 8.15. The van der Waals surface area contributed by atoms with Gasteiger partial charge in [-0.1, -0.05) is 25.6 Å². The zero-order valence-corrected chi connectivity index (χ0v) is 12.8. The standard InChI is InChI=1S/C13H24N2S2/c1-4-13(3)9-17-12(15-13)14-10-6-7-11(8-10)16-5-2/h10-11H,4-9H2,1-3H3,(H,14,15). The van der Waals surface area contributed by atoms with Gasteiger partial charge in [0.05, 0.1) is 6.04 Å². The van der Waals surface area contributed by atoms with Crippen LogP contribution in [0.5, 0.6) is 0 Å². The first-order valence-corrected chi connectivity index (χ1v) is 8.79. The molecule has 0 amide bonds. The lowest BCUT2D eigenvalue weighted by Gasteiger charge is -2.21. The van der Waals surface area contributed by atoms with Crippen LogP contribution < -0.4 is 5.32 Å². The molecule has 1 saturated carbocycles. The van der Waals surface area contributed by atoms with Gasteiger partial charge in [0.15, 0.2) is 5.17 Å². The molecule has 98 valence electrons. The summed E-state index contributed by atoms with van der Waals surface area (Å²) in [6.07, 6.45) is 5.10. The van der Waals surface area contributed by atoms with E-state index in [-0.39, 0.29) is 5.54 Å². The number of rotatable bonds is 4. The highest BCUT2D eigenvalue weighted by Crippen LogP contribution is 2.33. The minimum atomic E-state index is 0.277. The highest BCUT2D eigenvalue weighted by atomic mass is 32.2. The van der Waals surface area contributed by atoms with Crippen LogP contribution in [0.25, 0.3) is 0 Å². The van der Waals surface area contributed by atoms with Crippen LogP contribution in [0, 0.1) is 0 Å². The van der Waals surface area contributed by atoms with Crippen molar-refractivity contribution in [1.82, 2.24) is 5.32 Å². The van der Waals surface area contributed by atoms with E-state index in [9.17, 15) is 0 Å². The van der Waals surface area contributed by atoms with Crippen LogP contribution >= 0.6 is 23.5 Å². The van der Waals surface area contributed by atoms with Crippen LogP contribution in [-0.2, 0) is 0 Å². The van der Waals surface area contributed by atoms with Crippen LogP contribution in [0.2, 0.25) is 0 Å². The summed E-state index contributed by atoms with van der Waals surface area (Å²) in [5.41, 5.74) is 0.277. The zero-order chi connectivity index (χ0) is 12.3. The molecule has 2 nitrogen and oxygen atoms in total. The van der Waals surface area contributed by atoms with Gasteiger partial charge in [-0.2, -0.15) is 11.8 Å². The van der Waals surface area contributed by atoms with E-state index in [2.05, 4.69) is 37.8 Å². The second-order valence-electron chi connectivity index (χ2n) is 5.31. The summed E-state index contributed by atoms with van der Waals surface area (Å²) in [5, 5.41) is 5.65. The molecule has 0 spiro atoms. The molecule has 1 aliphatic carbocycles. The number of thioether (sulfide) groups is 2. The van der Waals surface area contributed by atoms with Crippen molar-refractivity contribution in [2.45, 2.75) is 63.3 Å². The Balaban J connectivity index is 1.85. The highest BCUT2D eigenvalue weighted by molar-refractivity contribution is 8.14. The van der Waals surface area contributed by atoms with Gasteiger partial charge in [0.1, 0.15) is 0 Å². The van der Waals surface area contributed by atoms with Gasteiger partial charge >= 0.3 is 0 Å². The molecule has 3 unspecified atom stereocenters. The maximum atomic E-state index is 4.91. The molecular formula is C13H24N2S2. The first-order valence-electron chi connectivity index (χ1n) is 6.75. The van der Waals surface area contributed by atoms with Crippen molar-refractivity contribution >= 4 is 28.7 Å². The molecule has 4 heteroatoms. The smallest absolute Gasteiger partial charge is 0.157 e. The maximum Gasteiger partial charge on any atom is 0.157 e. The Morgan fingerprint density at radius 3 is 2.94 bits per heavy atom. The fraction of sp³-hybridized carbons (Fsp3) is 0.923. The molecule has 0 radical (unpaired) electrons. The molecule has 1 aliphatic heterocycles. The third-order valence-electron chi connectivity index (χ3n) is 3.78. The Hall–Kier alpha value is 0.170. The lowest BCUT2D eigenvalue weighted by Crippen LogP contribution is -2.39. The van der Waals surface area contributed by atoms with Crippen LogP contribution in [-0.4, -0.2) is 33.5 Å². The quantitative estimate of drug-likeness (QED) is 0.847. The normalized spacial score (nSPS) is 39.8. The Kier molecular flexibility index (Phi) is 4.70. The summed E-state index contributed by atoms with van der Waals surface area (Å²) >= 11 is 4.02. The molecule has 2 aliphatic rings. The van der Waals surface area contributed by atoms with Gasteiger partial charge < -0.3 is 5.32 Å². The van der Waals surface area contributed by atoms with E-state index in [4.69, 9.17) is 4.99 Å².